The van der Waals surface area contributed by atoms with Gasteiger partial charge in [-0.05, 0) is 19.9 Å². The SMILES string of the molecule is CC(=O)Nc1nc(OC(C)C)c(C(F)(F)F)cc1C(F)(F)F. The lowest BCUT2D eigenvalue weighted by Crippen LogP contribution is -2.20. The van der Waals surface area contributed by atoms with Crippen molar-refractivity contribution in [2.75, 3.05) is 5.32 Å². The van der Waals surface area contributed by atoms with E-state index >= 15 is 0 Å². The Kier molecular flexibility index (Phi) is 4.93. The lowest BCUT2D eigenvalue weighted by atomic mass is 10.1. The van der Waals surface area contributed by atoms with Gasteiger partial charge in [0.05, 0.1) is 11.7 Å². The largest absolute Gasteiger partial charge is 0.474 e. The zero-order valence-electron chi connectivity index (χ0n) is 11.7. The highest BCUT2D eigenvalue weighted by Crippen LogP contribution is 2.42. The molecule has 0 saturated heterocycles. The van der Waals surface area contributed by atoms with Gasteiger partial charge in [0.2, 0.25) is 11.8 Å². The predicted octanol–water partition coefficient (Wildman–Crippen LogP) is 3.86. The van der Waals surface area contributed by atoms with Crippen LogP contribution >= 0.6 is 0 Å². The molecule has 0 atom stereocenters. The van der Waals surface area contributed by atoms with Gasteiger partial charge in [-0.1, -0.05) is 0 Å². The summed E-state index contributed by atoms with van der Waals surface area (Å²) in [5.41, 5.74) is -3.37. The summed E-state index contributed by atoms with van der Waals surface area (Å²) >= 11 is 0. The maximum absolute atomic E-state index is 12.9. The Morgan fingerprint density at radius 1 is 1.14 bits per heavy atom. The van der Waals surface area contributed by atoms with E-state index in [-0.39, 0.29) is 6.07 Å². The van der Waals surface area contributed by atoms with Crippen molar-refractivity contribution in [1.29, 1.82) is 0 Å². The van der Waals surface area contributed by atoms with Crippen molar-refractivity contribution in [3.05, 3.63) is 17.2 Å². The third kappa shape index (κ3) is 4.50. The number of carbonyl (C=O) groups is 1. The molecule has 1 aromatic heterocycles. The van der Waals surface area contributed by atoms with Crippen LogP contribution in [0.15, 0.2) is 6.07 Å². The van der Waals surface area contributed by atoms with E-state index in [1.165, 1.54) is 13.8 Å². The first-order chi connectivity index (χ1) is 9.82. The summed E-state index contributed by atoms with van der Waals surface area (Å²) in [6.45, 7) is 3.68. The van der Waals surface area contributed by atoms with Crippen LogP contribution in [0.2, 0.25) is 0 Å². The molecule has 10 heteroatoms. The molecule has 0 unspecified atom stereocenters. The number of anilines is 1. The van der Waals surface area contributed by atoms with Crippen LogP contribution in [0.3, 0.4) is 0 Å². The fourth-order valence-electron chi connectivity index (χ4n) is 1.49. The van der Waals surface area contributed by atoms with Gasteiger partial charge < -0.3 is 10.1 Å². The van der Waals surface area contributed by atoms with E-state index < -0.39 is 47.2 Å². The van der Waals surface area contributed by atoms with Crippen LogP contribution < -0.4 is 10.1 Å². The van der Waals surface area contributed by atoms with Gasteiger partial charge in [-0.15, -0.1) is 0 Å². The van der Waals surface area contributed by atoms with Crippen LogP contribution in [-0.4, -0.2) is 17.0 Å². The zero-order chi connectivity index (χ0) is 17.3. The van der Waals surface area contributed by atoms with Gasteiger partial charge in [0.1, 0.15) is 11.4 Å². The highest BCUT2D eigenvalue weighted by molar-refractivity contribution is 5.88. The molecule has 0 aliphatic rings. The summed E-state index contributed by atoms with van der Waals surface area (Å²) in [4.78, 5) is 14.1. The number of aromatic nitrogens is 1. The van der Waals surface area contributed by atoms with Crippen molar-refractivity contribution in [1.82, 2.24) is 4.98 Å². The van der Waals surface area contributed by atoms with Crippen LogP contribution in [0.5, 0.6) is 5.88 Å². The van der Waals surface area contributed by atoms with Gasteiger partial charge >= 0.3 is 12.4 Å². The van der Waals surface area contributed by atoms with Crippen LogP contribution in [0, 0.1) is 0 Å². The van der Waals surface area contributed by atoms with Crippen LogP contribution in [-0.2, 0) is 17.1 Å². The molecular formula is C12H12F6N2O2. The van der Waals surface area contributed by atoms with E-state index in [2.05, 4.69) is 4.98 Å². The number of carbonyl (C=O) groups excluding carboxylic acids is 1. The first-order valence-electron chi connectivity index (χ1n) is 5.96. The van der Waals surface area contributed by atoms with Gasteiger partial charge in [0.15, 0.2) is 0 Å². The van der Waals surface area contributed by atoms with E-state index in [9.17, 15) is 31.1 Å². The molecule has 0 saturated carbocycles. The van der Waals surface area contributed by atoms with Crippen molar-refractivity contribution >= 4 is 11.7 Å². The molecule has 0 aliphatic heterocycles. The van der Waals surface area contributed by atoms with E-state index in [1.54, 1.807) is 5.32 Å². The first-order valence-corrected chi connectivity index (χ1v) is 5.96. The van der Waals surface area contributed by atoms with Crippen molar-refractivity contribution in [2.24, 2.45) is 0 Å². The Morgan fingerprint density at radius 3 is 2.00 bits per heavy atom. The fraction of sp³-hybridized carbons (Fsp3) is 0.500. The van der Waals surface area contributed by atoms with E-state index in [4.69, 9.17) is 4.74 Å². The second-order valence-corrected chi connectivity index (χ2v) is 4.58. The minimum Gasteiger partial charge on any atom is -0.474 e. The number of rotatable bonds is 3. The number of hydrogen-bond donors (Lipinski definition) is 1. The van der Waals surface area contributed by atoms with Crippen LogP contribution in [0.4, 0.5) is 32.2 Å². The summed E-state index contributed by atoms with van der Waals surface area (Å²) < 4.78 is 82.1. The van der Waals surface area contributed by atoms with E-state index in [1.807, 2.05) is 0 Å². The molecule has 1 aromatic rings. The number of pyridine rings is 1. The molecule has 124 valence electrons. The van der Waals surface area contributed by atoms with E-state index in [0.717, 1.165) is 6.92 Å². The molecular weight excluding hydrogens is 318 g/mol. The standard InChI is InChI=1S/C12H12F6N2O2/c1-5(2)22-10-8(12(16,17)18)4-7(11(13,14)15)9(20-10)19-6(3)21/h4-5H,1-3H3,(H,19,20,21). The average Bonchev–Trinajstić information content (AvgIpc) is 2.23. The number of hydrogen-bond acceptors (Lipinski definition) is 3. The summed E-state index contributed by atoms with van der Waals surface area (Å²) in [5, 5.41) is 1.75. The third-order valence-corrected chi connectivity index (χ3v) is 2.24. The van der Waals surface area contributed by atoms with Gasteiger partial charge in [-0.3, -0.25) is 4.79 Å². The second kappa shape index (κ2) is 6.01. The Bertz CT molecular complexity index is 566. The summed E-state index contributed by atoms with van der Waals surface area (Å²) in [5.74, 6) is -2.98. The molecule has 1 rings (SSSR count). The normalized spacial score (nSPS) is 12.5. The Hall–Kier alpha value is -2.00. The molecule has 0 fully saturated rings. The number of amides is 1. The number of alkyl halides is 6. The lowest BCUT2D eigenvalue weighted by Gasteiger charge is -2.19. The molecule has 0 spiro atoms. The van der Waals surface area contributed by atoms with Gasteiger partial charge in [0, 0.05) is 6.92 Å². The van der Waals surface area contributed by atoms with Crippen LogP contribution in [0.25, 0.3) is 0 Å². The Labute approximate surface area is 121 Å². The van der Waals surface area contributed by atoms with Crippen molar-refractivity contribution in [2.45, 2.75) is 39.2 Å². The quantitative estimate of drug-likeness (QED) is 0.856. The average molecular weight is 330 g/mol. The van der Waals surface area contributed by atoms with Gasteiger partial charge in [-0.25, -0.2) is 0 Å². The highest BCUT2D eigenvalue weighted by Gasteiger charge is 2.42. The highest BCUT2D eigenvalue weighted by atomic mass is 19.4. The molecule has 4 nitrogen and oxygen atoms in total. The maximum Gasteiger partial charge on any atom is 0.421 e. The second-order valence-electron chi connectivity index (χ2n) is 4.58. The molecule has 0 radical (unpaired) electrons. The van der Waals surface area contributed by atoms with Crippen molar-refractivity contribution in [3.8, 4) is 5.88 Å². The fourth-order valence-corrected chi connectivity index (χ4v) is 1.49. The van der Waals surface area contributed by atoms with Crippen LogP contribution in [0.1, 0.15) is 31.9 Å². The summed E-state index contributed by atoms with van der Waals surface area (Å²) in [6, 6.07) is -0.129. The summed E-state index contributed by atoms with van der Waals surface area (Å²) in [7, 11) is 0. The molecule has 0 aliphatic carbocycles. The predicted molar refractivity (Wildman–Crippen MR) is 64.3 cm³/mol. The minimum absolute atomic E-state index is 0.129. The molecule has 22 heavy (non-hydrogen) atoms. The maximum atomic E-state index is 12.9. The minimum atomic E-state index is -5.12. The molecule has 0 bridgehead atoms. The number of nitrogens with zero attached hydrogens (tertiary/aromatic N) is 1. The van der Waals surface area contributed by atoms with Gasteiger partial charge in [0.25, 0.3) is 0 Å². The number of nitrogens with one attached hydrogen (secondary N) is 1. The third-order valence-electron chi connectivity index (χ3n) is 2.24. The molecule has 1 amide bonds. The lowest BCUT2D eigenvalue weighted by molar-refractivity contribution is -0.144. The zero-order valence-corrected chi connectivity index (χ0v) is 11.7. The Morgan fingerprint density at radius 2 is 1.64 bits per heavy atom. The number of halogens is 6. The first kappa shape index (κ1) is 18.1. The van der Waals surface area contributed by atoms with Gasteiger partial charge in [-0.2, -0.15) is 31.3 Å². The molecule has 1 N–H and O–H groups in total. The molecule has 1 heterocycles. The van der Waals surface area contributed by atoms with Crippen molar-refractivity contribution in [3.63, 3.8) is 0 Å². The topological polar surface area (TPSA) is 51.2 Å². The van der Waals surface area contributed by atoms with E-state index in [0.29, 0.717) is 0 Å². The Balaban J connectivity index is 3.60. The smallest absolute Gasteiger partial charge is 0.421 e. The molecule has 0 aromatic carbocycles. The number of ether oxygens (including phenoxy) is 1. The monoisotopic (exact) mass is 330 g/mol. The van der Waals surface area contributed by atoms with Crippen molar-refractivity contribution < 1.29 is 35.9 Å². The summed E-state index contributed by atoms with van der Waals surface area (Å²) in [6.07, 6.45) is -11.0.